The summed E-state index contributed by atoms with van der Waals surface area (Å²) in [6, 6.07) is 6.25. The monoisotopic (exact) mass is 415 g/mol. The van der Waals surface area contributed by atoms with Crippen LogP contribution in [0.5, 0.6) is 0 Å². The molecule has 0 fully saturated rings. The second-order valence-electron chi connectivity index (χ2n) is 8.99. The number of nitrogens with one attached hydrogen (secondary N) is 2. The van der Waals surface area contributed by atoms with Gasteiger partial charge >= 0.3 is 12.0 Å². The van der Waals surface area contributed by atoms with Crippen LogP contribution < -0.4 is 10.6 Å². The molecule has 0 radical (unpaired) electrons. The normalized spacial score (nSPS) is 17.1. The molecule has 7 heteroatoms. The van der Waals surface area contributed by atoms with Gasteiger partial charge < -0.3 is 15.4 Å². The SMILES string of the molecule is CCN1C(=O)N[C@@H](c2cccc(NC(=O)CC(C)(C)C)c2)C(C(=O)OC(C)C)=C1C. The number of nitrogens with zero attached hydrogens (tertiary/aromatic N) is 1. The number of allylic oxidation sites excluding steroid dienone is 1. The highest BCUT2D eigenvalue weighted by molar-refractivity contribution is 5.95. The van der Waals surface area contributed by atoms with Crippen molar-refractivity contribution >= 4 is 23.6 Å². The first-order valence-corrected chi connectivity index (χ1v) is 10.3. The summed E-state index contributed by atoms with van der Waals surface area (Å²) in [5.74, 6) is -0.552. The minimum Gasteiger partial charge on any atom is -0.459 e. The summed E-state index contributed by atoms with van der Waals surface area (Å²) in [7, 11) is 0. The number of urea groups is 1. The smallest absolute Gasteiger partial charge is 0.338 e. The summed E-state index contributed by atoms with van der Waals surface area (Å²) in [6.07, 6.45) is 0.0996. The van der Waals surface area contributed by atoms with Crippen LogP contribution in [0.15, 0.2) is 35.5 Å². The average molecular weight is 416 g/mol. The number of amides is 3. The number of esters is 1. The maximum atomic E-state index is 12.9. The standard InChI is InChI=1S/C23H33N3O4/c1-8-26-15(4)19(21(28)30-14(2)3)20(25-22(26)29)16-10-9-11-17(12-16)24-18(27)13-23(5,6)7/h9-12,14,20H,8,13H2,1-7H3,(H,24,27)(H,25,29)/t20-/m0/s1. The topological polar surface area (TPSA) is 87.7 Å². The van der Waals surface area contributed by atoms with Crippen LogP contribution in [0.2, 0.25) is 0 Å². The van der Waals surface area contributed by atoms with Gasteiger partial charge in [-0.25, -0.2) is 9.59 Å². The highest BCUT2D eigenvalue weighted by Crippen LogP contribution is 2.32. The fourth-order valence-corrected chi connectivity index (χ4v) is 3.44. The van der Waals surface area contributed by atoms with Gasteiger partial charge in [0, 0.05) is 24.4 Å². The summed E-state index contributed by atoms with van der Waals surface area (Å²) >= 11 is 0. The Hall–Kier alpha value is -2.83. The van der Waals surface area contributed by atoms with Crippen LogP contribution in [0.1, 0.15) is 66.5 Å². The zero-order valence-electron chi connectivity index (χ0n) is 19.0. The lowest BCUT2D eigenvalue weighted by atomic mass is 9.92. The van der Waals surface area contributed by atoms with Crippen molar-refractivity contribution in [1.82, 2.24) is 10.2 Å². The van der Waals surface area contributed by atoms with Crippen molar-refractivity contribution in [2.75, 3.05) is 11.9 Å². The number of rotatable bonds is 6. The molecular formula is C23H33N3O4. The third-order valence-corrected chi connectivity index (χ3v) is 4.67. The molecule has 2 N–H and O–H groups in total. The average Bonchev–Trinajstić information content (AvgIpc) is 2.59. The van der Waals surface area contributed by atoms with E-state index in [0.29, 0.717) is 35.5 Å². The molecule has 1 aromatic carbocycles. The molecule has 0 bridgehead atoms. The number of anilines is 1. The van der Waals surface area contributed by atoms with Crippen molar-refractivity contribution in [3.05, 3.63) is 41.1 Å². The van der Waals surface area contributed by atoms with Crippen LogP contribution in [0.25, 0.3) is 0 Å². The molecule has 0 aromatic heterocycles. The first-order chi connectivity index (χ1) is 13.9. The first-order valence-electron chi connectivity index (χ1n) is 10.3. The number of hydrogen-bond donors (Lipinski definition) is 2. The van der Waals surface area contributed by atoms with Crippen LogP contribution in [0.3, 0.4) is 0 Å². The third kappa shape index (κ3) is 5.84. The Kier molecular flexibility index (Phi) is 7.29. The molecule has 1 heterocycles. The maximum absolute atomic E-state index is 12.9. The zero-order valence-corrected chi connectivity index (χ0v) is 19.0. The molecule has 1 aliphatic heterocycles. The summed E-state index contributed by atoms with van der Waals surface area (Å²) in [4.78, 5) is 39.3. The Balaban J connectivity index is 2.40. The summed E-state index contributed by atoms with van der Waals surface area (Å²) in [5.41, 5.74) is 2.14. The minimum atomic E-state index is -0.661. The number of benzene rings is 1. The Morgan fingerprint density at radius 2 is 1.93 bits per heavy atom. The van der Waals surface area contributed by atoms with Crippen molar-refractivity contribution < 1.29 is 19.1 Å². The molecule has 30 heavy (non-hydrogen) atoms. The van der Waals surface area contributed by atoms with Gasteiger partial charge in [0.15, 0.2) is 0 Å². The van der Waals surface area contributed by atoms with Gasteiger partial charge in [-0.3, -0.25) is 9.69 Å². The second-order valence-corrected chi connectivity index (χ2v) is 8.99. The van der Waals surface area contributed by atoms with Crippen LogP contribution in [0.4, 0.5) is 10.5 Å². The lowest BCUT2D eigenvalue weighted by Crippen LogP contribution is -2.48. The van der Waals surface area contributed by atoms with Crippen molar-refractivity contribution in [2.45, 2.75) is 67.0 Å². The molecule has 1 atom stereocenters. The van der Waals surface area contributed by atoms with Gasteiger partial charge in [0.1, 0.15) is 0 Å². The van der Waals surface area contributed by atoms with E-state index in [1.165, 1.54) is 4.90 Å². The largest absolute Gasteiger partial charge is 0.459 e. The quantitative estimate of drug-likeness (QED) is 0.675. The van der Waals surface area contributed by atoms with Gasteiger partial charge in [-0.05, 0) is 50.8 Å². The highest BCUT2D eigenvalue weighted by Gasteiger charge is 2.36. The van der Waals surface area contributed by atoms with E-state index in [1.807, 2.05) is 33.8 Å². The first kappa shape index (κ1) is 23.4. The summed E-state index contributed by atoms with van der Waals surface area (Å²) in [6.45, 7) is 13.6. The van der Waals surface area contributed by atoms with Crippen LogP contribution in [-0.4, -0.2) is 35.5 Å². The van der Waals surface area contributed by atoms with Crippen molar-refractivity contribution in [3.63, 3.8) is 0 Å². The highest BCUT2D eigenvalue weighted by atomic mass is 16.5. The summed E-state index contributed by atoms with van der Waals surface area (Å²) in [5, 5.41) is 5.81. The van der Waals surface area contributed by atoms with Crippen LogP contribution in [0, 0.1) is 5.41 Å². The van der Waals surface area contributed by atoms with Gasteiger partial charge in [-0.2, -0.15) is 0 Å². The number of carbonyl (C=O) groups excluding carboxylic acids is 3. The van der Waals surface area contributed by atoms with Gasteiger partial charge in [-0.15, -0.1) is 0 Å². The molecule has 0 saturated carbocycles. The number of carbonyl (C=O) groups is 3. The lowest BCUT2D eigenvalue weighted by molar-refractivity contribution is -0.143. The van der Waals surface area contributed by atoms with Crippen molar-refractivity contribution in [3.8, 4) is 0 Å². The molecule has 0 spiro atoms. The van der Waals surface area contributed by atoms with E-state index in [0.717, 1.165) is 0 Å². The van der Waals surface area contributed by atoms with Gasteiger partial charge in [-0.1, -0.05) is 32.9 Å². The fraction of sp³-hybridized carbons (Fsp3) is 0.522. The van der Waals surface area contributed by atoms with Gasteiger partial charge in [0.25, 0.3) is 0 Å². The molecule has 2 rings (SSSR count). The third-order valence-electron chi connectivity index (χ3n) is 4.67. The maximum Gasteiger partial charge on any atom is 0.338 e. The molecule has 1 aliphatic rings. The van der Waals surface area contributed by atoms with E-state index in [4.69, 9.17) is 4.74 Å². The van der Waals surface area contributed by atoms with E-state index >= 15 is 0 Å². The van der Waals surface area contributed by atoms with E-state index in [2.05, 4.69) is 10.6 Å². The van der Waals surface area contributed by atoms with Crippen molar-refractivity contribution in [2.24, 2.45) is 5.41 Å². The lowest BCUT2D eigenvalue weighted by Gasteiger charge is -2.35. The van der Waals surface area contributed by atoms with Gasteiger partial charge in [0.05, 0.1) is 17.7 Å². The molecule has 7 nitrogen and oxygen atoms in total. The van der Waals surface area contributed by atoms with E-state index in [9.17, 15) is 14.4 Å². The van der Waals surface area contributed by atoms with Gasteiger partial charge in [0.2, 0.25) is 5.91 Å². The summed E-state index contributed by atoms with van der Waals surface area (Å²) < 4.78 is 5.45. The molecule has 1 aromatic rings. The molecule has 0 unspecified atom stereocenters. The Morgan fingerprint density at radius 3 is 2.50 bits per heavy atom. The van der Waals surface area contributed by atoms with Crippen LogP contribution >= 0.6 is 0 Å². The number of hydrogen-bond acceptors (Lipinski definition) is 4. The fourth-order valence-electron chi connectivity index (χ4n) is 3.44. The molecular weight excluding hydrogens is 382 g/mol. The predicted octanol–water partition coefficient (Wildman–Crippen LogP) is 4.37. The minimum absolute atomic E-state index is 0.0874. The molecule has 0 aliphatic carbocycles. The molecule has 3 amide bonds. The Morgan fingerprint density at radius 1 is 1.27 bits per heavy atom. The Labute approximate surface area is 178 Å². The zero-order chi connectivity index (χ0) is 22.6. The molecule has 0 saturated heterocycles. The van der Waals surface area contributed by atoms with E-state index in [-0.39, 0.29) is 23.5 Å². The predicted molar refractivity (Wildman–Crippen MR) is 117 cm³/mol. The molecule has 164 valence electrons. The van der Waals surface area contributed by atoms with Crippen molar-refractivity contribution in [1.29, 1.82) is 0 Å². The Bertz CT molecular complexity index is 852. The van der Waals surface area contributed by atoms with Crippen LogP contribution in [-0.2, 0) is 14.3 Å². The van der Waals surface area contributed by atoms with E-state index in [1.54, 1.807) is 39.0 Å². The second kappa shape index (κ2) is 9.32. The number of ether oxygens (including phenoxy) is 1. The van der Waals surface area contributed by atoms with E-state index < -0.39 is 12.0 Å².